The largest absolute Gasteiger partial charge is 0.494 e. The molecule has 2 amide bonds. The minimum atomic E-state index is -0.323. The average Bonchev–Trinajstić information content (AvgIpc) is 2.82. The molecule has 2 aliphatic rings. The maximum Gasteiger partial charge on any atom is 0.317 e. The Bertz CT molecular complexity index is 879. The predicted molar refractivity (Wildman–Crippen MR) is 123 cm³/mol. The number of hydrogen-bond donors (Lipinski definition) is 1. The SMILES string of the molecule is COc1ccc(CN2CCC(NC(=O)N3CCN(Cc4ccccc4)CC3)CC2)cc1F. The van der Waals surface area contributed by atoms with Gasteiger partial charge in [-0.25, -0.2) is 9.18 Å². The van der Waals surface area contributed by atoms with Crippen LogP contribution in [0.5, 0.6) is 5.75 Å². The van der Waals surface area contributed by atoms with E-state index in [-0.39, 0.29) is 23.6 Å². The molecule has 0 atom stereocenters. The van der Waals surface area contributed by atoms with Gasteiger partial charge in [-0.2, -0.15) is 0 Å². The number of urea groups is 1. The van der Waals surface area contributed by atoms with Crippen LogP contribution in [0.25, 0.3) is 0 Å². The van der Waals surface area contributed by atoms with Gasteiger partial charge in [-0.1, -0.05) is 36.4 Å². The molecule has 0 radical (unpaired) electrons. The van der Waals surface area contributed by atoms with E-state index in [1.165, 1.54) is 12.7 Å². The number of carbonyl (C=O) groups is 1. The van der Waals surface area contributed by atoms with Crippen LogP contribution in [-0.2, 0) is 13.1 Å². The first-order chi connectivity index (χ1) is 15.6. The van der Waals surface area contributed by atoms with E-state index < -0.39 is 0 Å². The number of halogens is 1. The lowest BCUT2D eigenvalue weighted by Crippen LogP contribution is -2.54. The van der Waals surface area contributed by atoms with E-state index in [9.17, 15) is 9.18 Å². The maximum atomic E-state index is 13.9. The normalized spacial score (nSPS) is 18.5. The molecule has 0 bridgehead atoms. The van der Waals surface area contributed by atoms with E-state index in [4.69, 9.17) is 4.74 Å². The van der Waals surface area contributed by atoms with Crippen LogP contribution in [0.4, 0.5) is 9.18 Å². The van der Waals surface area contributed by atoms with Gasteiger partial charge in [-0.3, -0.25) is 9.80 Å². The van der Waals surface area contributed by atoms with Gasteiger partial charge in [0, 0.05) is 58.4 Å². The standard InChI is InChI=1S/C25H33FN4O2/c1-32-24-8-7-21(17-23(24)26)19-28-11-9-22(10-12-28)27-25(31)30-15-13-29(14-16-30)18-20-5-3-2-4-6-20/h2-8,17,22H,9-16,18-19H2,1H3,(H,27,31). The van der Waals surface area contributed by atoms with E-state index in [0.717, 1.165) is 64.2 Å². The Morgan fingerprint density at radius 2 is 1.59 bits per heavy atom. The Hall–Kier alpha value is -2.64. The van der Waals surface area contributed by atoms with Crippen LogP contribution in [-0.4, -0.2) is 73.2 Å². The van der Waals surface area contributed by atoms with Crippen molar-refractivity contribution >= 4 is 6.03 Å². The van der Waals surface area contributed by atoms with E-state index in [1.807, 2.05) is 17.0 Å². The highest BCUT2D eigenvalue weighted by Crippen LogP contribution is 2.20. The van der Waals surface area contributed by atoms with Gasteiger partial charge < -0.3 is 15.0 Å². The van der Waals surface area contributed by atoms with Gasteiger partial charge in [0.1, 0.15) is 0 Å². The summed E-state index contributed by atoms with van der Waals surface area (Å²) >= 11 is 0. The molecule has 4 rings (SSSR count). The molecular formula is C25H33FN4O2. The topological polar surface area (TPSA) is 48.1 Å². The van der Waals surface area contributed by atoms with E-state index in [0.29, 0.717) is 6.54 Å². The molecule has 0 unspecified atom stereocenters. The zero-order valence-corrected chi connectivity index (χ0v) is 18.8. The van der Waals surface area contributed by atoms with Gasteiger partial charge in [0.15, 0.2) is 11.6 Å². The average molecular weight is 441 g/mol. The van der Waals surface area contributed by atoms with Gasteiger partial charge in [0.05, 0.1) is 7.11 Å². The van der Waals surface area contributed by atoms with Gasteiger partial charge in [0.2, 0.25) is 0 Å². The third-order valence-corrected chi connectivity index (χ3v) is 6.45. The van der Waals surface area contributed by atoms with Gasteiger partial charge in [-0.15, -0.1) is 0 Å². The Balaban J connectivity index is 1.17. The smallest absolute Gasteiger partial charge is 0.317 e. The molecule has 0 spiro atoms. The number of piperidine rings is 1. The predicted octanol–water partition coefficient (Wildman–Crippen LogP) is 3.33. The summed E-state index contributed by atoms with van der Waals surface area (Å²) < 4.78 is 18.9. The van der Waals surface area contributed by atoms with Crippen LogP contribution in [0.15, 0.2) is 48.5 Å². The number of carbonyl (C=O) groups excluding carboxylic acids is 1. The van der Waals surface area contributed by atoms with Crippen molar-refractivity contribution in [3.8, 4) is 5.75 Å². The van der Waals surface area contributed by atoms with E-state index >= 15 is 0 Å². The lowest BCUT2D eigenvalue weighted by Gasteiger charge is -2.37. The van der Waals surface area contributed by atoms with Gasteiger partial charge in [-0.05, 0) is 36.1 Å². The Labute approximate surface area is 189 Å². The molecule has 0 aromatic heterocycles. The molecule has 1 N–H and O–H groups in total. The molecule has 2 saturated heterocycles. The van der Waals surface area contributed by atoms with Crippen LogP contribution >= 0.6 is 0 Å². The number of amides is 2. The zero-order valence-electron chi connectivity index (χ0n) is 18.8. The Morgan fingerprint density at radius 3 is 2.25 bits per heavy atom. The summed E-state index contributed by atoms with van der Waals surface area (Å²) in [5, 5.41) is 3.23. The summed E-state index contributed by atoms with van der Waals surface area (Å²) in [5.74, 6) is -0.0490. The van der Waals surface area contributed by atoms with Crippen LogP contribution in [0.3, 0.4) is 0 Å². The fourth-order valence-corrected chi connectivity index (χ4v) is 4.52. The van der Waals surface area contributed by atoms with Crippen LogP contribution in [0.2, 0.25) is 0 Å². The molecule has 0 aliphatic carbocycles. The maximum absolute atomic E-state index is 13.9. The number of rotatable bonds is 6. The second kappa shape index (κ2) is 10.8. The fraction of sp³-hybridized carbons (Fsp3) is 0.480. The number of ether oxygens (including phenoxy) is 1. The van der Waals surface area contributed by atoms with Crippen molar-refractivity contribution in [2.75, 3.05) is 46.4 Å². The molecule has 2 aliphatic heterocycles. The fourth-order valence-electron chi connectivity index (χ4n) is 4.52. The zero-order chi connectivity index (χ0) is 22.3. The number of benzene rings is 2. The second-order valence-electron chi connectivity index (χ2n) is 8.72. The molecule has 2 aromatic rings. The highest BCUT2D eigenvalue weighted by Gasteiger charge is 2.25. The summed E-state index contributed by atoms with van der Waals surface area (Å²) in [7, 11) is 1.47. The number of hydrogen-bond acceptors (Lipinski definition) is 4. The molecule has 7 heteroatoms. The Kier molecular flexibility index (Phi) is 7.60. The van der Waals surface area contributed by atoms with Crippen LogP contribution in [0.1, 0.15) is 24.0 Å². The number of likely N-dealkylation sites (tertiary alicyclic amines) is 1. The first-order valence-electron chi connectivity index (χ1n) is 11.5. The van der Waals surface area contributed by atoms with Crippen LogP contribution in [0, 0.1) is 5.82 Å². The van der Waals surface area contributed by atoms with Gasteiger partial charge in [0.25, 0.3) is 0 Å². The minimum Gasteiger partial charge on any atom is -0.494 e. The van der Waals surface area contributed by atoms with Crippen molar-refractivity contribution in [3.63, 3.8) is 0 Å². The van der Waals surface area contributed by atoms with Crippen molar-refractivity contribution in [1.29, 1.82) is 0 Å². The second-order valence-corrected chi connectivity index (χ2v) is 8.72. The molecular weight excluding hydrogens is 407 g/mol. The summed E-state index contributed by atoms with van der Waals surface area (Å²) in [6.07, 6.45) is 1.83. The monoisotopic (exact) mass is 440 g/mol. The number of piperazine rings is 1. The highest BCUT2D eigenvalue weighted by molar-refractivity contribution is 5.74. The molecule has 2 aromatic carbocycles. The molecule has 2 fully saturated rings. The van der Waals surface area contributed by atoms with Crippen molar-refractivity contribution < 1.29 is 13.9 Å². The van der Waals surface area contributed by atoms with Crippen molar-refractivity contribution in [3.05, 3.63) is 65.5 Å². The van der Waals surface area contributed by atoms with E-state index in [1.54, 1.807) is 12.1 Å². The third kappa shape index (κ3) is 5.99. The van der Waals surface area contributed by atoms with E-state index in [2.05, 4.69) is 39.4 Å². The summed E-state index contributed by atoms with van der Waals surface area (Å²) in [4.78, 5) is 19.4. The quantitative estimate of drug-likeness (QED) is 0.749. The summed E-state index contributed by atoms with van der Waals surface area (Å²) in [6.45, 7) is 6.77. The molecule has 172 valence electrons. The van der Waals surface area contributed by atoms with Crippen LogP contribution < -0.4 is 10.1 Å². The van der Waals surface area contributed by atoms with Crippen molar-refractivity contribution in [1.82, 2.24) is 20.0 Å². The number of nitrogens with one attached hydrogen (secondary N) is 1. The lowest BCUT2D eigenvalue weighted by atomic mass is 10.0. The number of nitrogens with zero attached hydrogens (tertiary/aromatic N) is 3. The first kappa shape index (κ1) is 22.6. The number of methoxy groups -OCH3 is 1. The molecule has 32 heavy (non-hydrogen) atoms. The summed E-state index contributed by atoms with van der Waals surface area (Å²) in [6, 6.07) is 15.9. The highest BCUT2D eigenvalue weighted by atomic mass is 19.1. The third-order valence-electron chi connectivity index (χ3n) is 6.45. The summed E-state index contributed by atoms with van der Waals surface area (Å²) in [5.41, 5.74) is 2.26. The van der Waals surface area contributed by atoms with Crippen molar-refractivity contribution in [2.24, 2.45) is 0 Å². The first-order valence-corrected chi connectivity index (χ1v) is 11.5. The molecule has 2 heterocycles. The Morgan fingerprint density at radius 1 is 0.938 bits per heavy atom. The molecule has 6 nitrogen and oxygen atoms in total. The van der Waals surface area contributed by atoms with Gasteiger partial charge >= 0.3 is 6.03 Å². The van der Waals surface area contributed by atoms with Crippen molar-refractivity contribution in [2.45, 2.75) is 32.0 Å². The lowest BCUT2D eigenvalue weighted by molar-refractivity contribution is 0.127. The molecule has 0 saturated carbocycles. The minimum absolute atomic E-state index is 0.0556.